The van der Waals surface area contributed by atoms with Gasteiger partial charge in [0.1, 0.15) is 11.5 Å². The van der Waals surface area contributed by atoms with E-state index in [4.69, 9.17) is 14.2 Å². The number of rotatable bonds is 12. The Morgan fingerprint density at radius 1 is 0.676 bits per heavy atom. The summed E-state index contributed by atoms with van der Waals surface area (Å²) in [7, 11) is 0. The van der Waals surface area contributed by atoms with Crippen molar-refractivity contribution in [3.63, 3.8) is 0 Å². The third-order valence-corrected chi connectivity index (χ3v) is 4.88. The molecule has 0 unspecified atom stereocenters. The number of benzene rings is 3. The highest BCUT2D eigenvalue weighted by Crippen LogP contribution is 2.22. The van der Waals surface area contributed by atoms with Crippen LogP contribution >= 0.6 is 0 Å². The Morgan fingerprint density at radius 2 is 1.27 bits per heavy atom. The summed E-state index contributed by atoms with van der Waals surface area (Å²) in [4.78, 5) is 47.9. The minimum Gasteiger partial charge on any atom is -0.462 e. The Morgan fingerprint density at radius 3 is 1.92 bits per heavy atom. The van der Waals surface area contributed by atoms with Crippen LogP contribution in [0, 0.1) is 0 Å². The summed E-state index contributed by atoms with van der Waals surface area (Å²) in [6.45, 7) is 1.77. The van der Waals surface area contributed by atoms with Crippen molar-refractivity contribution in [2.75, 3.05) is 23.8 Å². The summed E-state index contributed by atoms with van der Waals surface area (Å²) in [6, 6.07) is 22.3. The van der Waals surface area contributed by atoms with Gasteiger partial charge in [0.25, 0.3) is 5.91 Å². The molecule has 0 aliphatic rings. The molecule has 0 aliphatic carbocycles. The molecule has 0 saturated heterocycles. The fourth-order valence-electron chi connectivity index (χ4n) is 3.05. The van der Waals surface area contributed by atoms with Gasteiger partial charge in [-0.15, -0.1) is 0 Å². The summed E-state index contributed by atoms with van der Waals surface area (Å²) in [6.07, 6.45) is 0.419. The van der Waals surface area contributed by atoms with Crippen molar-refractivity contribution in [2.45, 2.75) is 26.2 Å². The quantitative estimate of drug-likeness (QED) is 0.335. The molecule has 0 fully saturated rings. The van der Waals surface area contributed by atoms with Crippen LogP contribution in [0.15, 0.2) is 78.9 Å². The van der Waals surface area contributed by atoms with Crippen LogP contribution < -0.4 is 15.4 Å². The number of esters is 2. The first-order valence-corrected chi connectivity index (χ1v) is 11.8. The van der Waals surface area contributed by atoms with E-state index in [1.807, 2.05) is 37.3 Å². The monoisotopic (exact) mass is 504 g/mol. The molecule has 192 valence electrons. The third-order valence-electron chi connectivity index (χ3n) is 4.88. The van der Waals surface area contributed by atoms with E-state index in [1.54, 1.807) is 48.5 Å². The van der Waals surface area contributed by atoms with Crippen LogP contribution in [-0.4, -0.2) is 37.0 Å². The number of nitrogens with one attached hydrogen (secondary N) is 2. The van der Waals surface area contributed by atoms with Crippen molar-refractivity contribution in [1.82, 2.24) is 0 Å². The van der Waals surface area contributed by atoms with Crippen LogP contribution in [0.5, 0.6) is 11.5 Å². The van der Waals surface area contributed by atoms with Gasteiger partial charge in [0.05, 0.1) is 18.6 Å². The second-order valence-electron chi connectivity index (χ2n) is 7.91. The summed E-state index contributed by atoms with van der Waals surface area (Å²) >= 11 is 0. The predicted octanol–water partition coefficient (Wildman–Crippen LogP) is 4.95. The number of carbonyl (C=O) groups is 4. The second-order valence-corrected chi connectivity index (χ2v) is 7.91. The van der Waals surface area contributed by atoms with Crippen molar-refractivity contribution in [2.24, 2.45) is 0 Å². The zero-order chi connectivity index (χ0) is 26.5. The molecule has 0 aromatic heterocycles. The highest BCUT2D eigenvalue weighted by atomic mass is 16.5. The molecule has 3 aromatic rings. The first-order chi connectivity index (χ1) is 17.9. The number of para-hydroxylation sites is 1. The summed E-state index contributed by atoms with van der Waals surface area (Å²) in [5.74, 6) is -0.708. The molecule has 0 heterocycles. The summed E-state index contributed by atoms with van der Waals surface area (Å²) < 4.78 is 15.7. The fourth-order valence-corrected chi connectivity index (χ4v) is 3.05. The van der Waals surface area contributed by atoms with Crippen LogP contribution in [0.3, 0.4) is 0 Å². The van der Waals surface area contributed by atoms with Crippen LogP contribution in [0.1, 0.15) is 36.5 Å². The van der Waals surface area contributed by atoms with E-state index in [0.717, 1.165) is 6.42 Å². The van der Waals surface area contributed by atoms with Crippen LogP contribution in [-0.2, 0) is 23.9 Å². The molecular formula is C28H28N2O7. The molecule has 0 atom stereocenters. The minimum atomic E-state index is -0.675. The molecule has 0 saturated carbocycles. The van der Waals surface area contributed by atoms with Gasteiger partial charge in [0.15, 0.2) is 6.61 Å². The lowest BCUT2D eigenvalue weighted by Crippen LogP contribution is -2.21. The number of hydrogen-bond acceptors (Lipinski definition) is 7. The highest BCUT2D eigenvalue weighted by Gasteiger charge is 2.12. The lowest BCUT2D eigenvalue weighted by atomic mass is 10.2. The van der Waals surface area contributed by atoms with Crippen LogP contribution in [0.2, 0.25) is 0 Å². The molecule has 0 bridgehead atoms. The Bertz CT molecular complexity index is 1190. The number of anilines is 2. The van der Waals surface area contributed by atoms with Crippen molar-refractivity contribution < 1.29 is 33.4 Å². The highest BCUT2D eigenvalue weighted by molar-refractivity contribution is 5.95. The number of ether oxygens (including phenoxy) is 3. The molecule has 0 radical (unpaired) electrons. The van der Waals surface area contributed by atoms with Crippen LogP contribution in [0.25, 0.3) is 0 Å². The minimum absolute atomic E-state index is 0.121. The van der Waals surface area contributed by atoms with Crippen molar-refractivity contribution in [3.8, 4) is 11.5 Å². The lowest BCUT2D eigenvalue weighted by Gasteiger charge is -2.09. The van der Waals surface area contributed by atoms with E-state index < -0.39 is 30.4 Å². The van der Waals surface area contributed by atoms with Gasteiger partial charge in [-0.25, -0.2) is 4.79 Å². The second kappa shape index (κ2) is 14.0. The standard InChI is InChI=1S/C28H28N2O7/c1-2-18-35-28(34)20-8-10-21(11-9-20)29-25(31)16-17-27(33)36-19-26(32)30-22-12-14-24(15-13-22)37-23-6-4-3-5-7-23/h3-15H,2,16-19H2,1H3,(H,29,31)(H,30,32). The van der Waals surface area contributed by atoms with Crippen LogP contribution in [0.4, 0.5) is 11.4 Å². The number of amides is 2. The maximum Gasteiger partial charge on any atom is 0.338 e. The van der Waals surface area contributed by atoms with Gasteiger partial charge >= 0.3 is 11.9 Å². The first-order valence-electron chi connectivity index (χ1n) is 11.8. The van der Waals surface area contributed by atoms with Crippen molar-refractivity contribution >= 4 is 35.1 Å². The molecule has 2 amide bonds. The molecule has 9 nitrogen and oxygen atoms in total. The zero-order valence-electron chi connectivity index (χ0n) is 20.4. The van der Waals surface area contributed by atoms with E-state index >= 15 is 0 Å². The zero-order valence-corrected chi connectivity index (χ0v) is 20.4. The van der Waals surface area contributed by atoms with Crippen molar-refractivity contribution in [1.29, 1.82) is 0 Å². The molecule has 0 aliphatic heterocycles. The predicted molar refractivity (Wildman–Crippen MR) is 137 cm³/mol. The maximum absolute atomic E-state index is 12.1. The maximum atomic E-state index is 12.1. The molecular weight excluding hydrogens is 476 g/mol. The SMILES string of the molecule is CCCOC(=O)c1ccc(NC(=O)CCC(=O)OCC(=O)Nc2ccc(Oc3ccccc3)cc2)cc1. The van der Waals surface area contributed by atoms with Gasteiger partial charge in [-0.3, -0.25) is 14.4 Å². The topological polar surface area (TPSA) is 120 Å². The van der Waals surface area contributed by atoms with Gasteiger partial charge < -0.3 is 24.8 Å². The molecule has 37 heavy (non-hydrogen) atoms. The van der Waals surface area contributed by atoms with E-state index in [0.29, 0.717) is 35.0 Å². The fraction of sp³-hybridized carbons (Fsp3) is 0.214. The smallest absolute Gasteiger partial charge is 0.338 e. The van der Waals surface area contributed by atoms with Gasteiger partial charge in [0, 0.05) is 17.8 Å². The van der Waals surface area contributed by atoms with Gasteiger partial charge in [-0.2, -0.15) is 0 Å². The molecule has 2 N–H and O–H groups in total. The average molecular weight is 505 g/mol. The van der Waals surface area contributed by atoms with Crippen molar-refractivity contribution in [3.05, 3.63) is 84.4 Å². The summed E-state index contributed by atoms with van der Waals surface area (Å²) in [5, 5.41) is 5.26. The molecule has 3 aromatic carbocycles. The normalized spacial score (nSPS) is 10.2. The summed E-state index contributed by atoms with van der Waals surface area (Å²) in [5.41, 5.74) is 1.38. The molecule has 9 heteroatoms. The van der Waals surface area contributed by atoms with E-state index in [1.165, 1.54) is 0 Å². The Hall–Kier alpha value is -4.66. The molecule has 0 spiro atoms. The van der Waals surface area contributed by atoms with Gasteiger partial charge in [-0.05, 0) is 67.1 Å². The number of carbonyl (C=O) groups excluding carboxylic acids is 4. The largest absolute Gasteiger partial charge is 0.462 e. The Balaban J connectivity index is 1.34. The first kappa shape index (κ1) is 26.9. The Labute approximate surface area is 214 Å². The third kappa shape index (κ3) is 9.48. The number of hydrogen-bond donors (Lipinski definition) is 2. The molecule has 3 rings (SSSR count). The van der Waals surface area contributed by atoms with E-state index in [9.17, 15) is 19.2 Å². The van der Waals surface area contributed by atoms with E-state index in [2.05, 4.69) is 10.6 Å². The van der Waals surface area contributed by atoms with Gasteiger partial charge in [0.2, 0.25) is 5.91 Å². The average Bonchev–Trinajstić information content (AvgIpc) is 2.91. The lowest BCUT2D eigenvalue weighted by molar-refractivity contribution is -0.147. The van der Waals surface area contributed by atoms with E-state index in [-0.39, 0.29) is 12.8 Å². The Kier molecular flexibility index (Phi) is 10.2. The van der Waals surface area contributed by atoms with Gasteiger partial charge in [-0.1, -0.05) is 25.1 Å².